The summed E-state index contributed by atoms with van der Waals surface area (Å²) >= 11 is 0. The van der Waals surface area contributed by atoms with Gasteiger partial charge in [-0.05, 0) is 79.4 Å². The molecule has 0 N–H and O–H groups in total. The Morgan fingerprint density at radius 2 is 1.89 bits per heavy atom. The molecule has 9 heteroatoms. The van der Waals surface area contributed by atoms with Crippen molar-refractivity contribution in [2.75, 3.05) is 6.61 Å². The summed E-state index contributed by atoms with van der Waals surface area (Å²) in [5, 5.41) is 0. The quantitative estimate of drug-likeness (QED) is 0.261. The molecule has 5 nitrogen and oxygen atoms in total. The lowest BCUT2D eigenvalue weighted by Crippen LogP contribution is -2.41. The van der Waals surface area contributed by atoms with Crippen molar-refractivity contribution in [1.82, 2.24) is 0 Å². The van der Waals surface area contributed by atoms with Gasteiger partial charge < -0.3 is 8.92 Å². The number of Topliss-reactive ketones (excluding diaryl/α,β-unsaturated/α-hetero) is 1. The van der Waals surface area contributed by atoms with E-state index in [1.807, 2.05) is 0 Å². The third-order valence-corrected chi connectivity index (χ3v) is 10.4. The highest BCUT2D eigenvalue weighted by Gasteiger charge is 2.54. The monoisotopic (exact) mass is 534 g/mol. The van der Waals surface area contributed by atoms with E-state index >= 15 is 0 Å². The number of carbonyl (C=O) groups is 1. The lowest BCUT2D eigenvalue weighted by Gasteiger charge is -2.50. The highest BCUT2D eigenvalue weighted by molar-refractivity contribution is 7.88. The molecule has 2 bridgehead atoms. The number of fused-ring (bicyclic) bond motifs is 5. The third-order valence-electron chi connectivity index (χ3n) is 9.37. The molecule has 1 fully saturated rings. The first-order valence-electron chi connectivity index (χ1n) is 12.9. The number of ketones is 1. The number of ether oxygens (including phenoxy) is 1. The van der Waals surface area contributed by atoms with Gasteiger partial charge in [0.2, 0.25) is 0 Å². The fourth-order valence-corrected chi connectivity index (χ4v) is 7.89. The predicted molar refractivity (Wildman–Crippen MR) is 130 cm³/mol. The molecule has 1 saturated carbocycles. The Labute approximate surface area is 214 Å². The minimum Gasteiger partial charge on any atom is -0.498 e. The summed E-state index contributed by atoms with van der Waals surface area (Å²) in [5.74, 6) is 1.17. The number of benzene rings is 1. The van der Waals surface area contributed by atoms with Crippen molar-refractivity contribution in [1.29, 1.82) is 0 Å². The van der Waals surface area contributed by atoms with Gasteiger partial charge in [0.15, 0.2) is 0 Å². The smallest absolute Gasteiger partial charge is 0.498 e. The molecule has 0 aromatic heterocycles. The molecule has 0 radical (unpaired) electrons. The molecule has 3 atom stereocenters. The zero-order valence-corrected chi connectivity index (χ0v) is 21.4. The molecule has 0 saturated heterocycles. The van der Waals surface area contributed by atoms with Gasteiger partial charge in [-0.1, -0.05) is 30.2 Å². The fraction of sp³-hybridized carbons (Fsp3) is 0.536. The van der Waals surface area contributed by atoms with Crippen LogP contribution in [0.5, 0.6) is 5.75 Å². The Bertz CT molecular complexity index is 1390. The van der Waals surface area contributed by atoms with E-state index in [-0.39, 0.29) is 22.5 Å². The van der Waals surface area contributed by atoms with Crippen LogP contribution in [-0.2, 0) is 32.5 Å². The van der Waals surface area contributed by atoms with Crippen LogP contribution in [0.15, 0.2) is 52.8 Å². The maximum absolute atomic E-state index is 13.0. The maximum Gasteiger partial charge on any atom is 0.534 e. The summed E-state index contributed by atoms with van der Waals surface area (Å²) < 4.78 is 73.0. The van der Waals surface area contributed by atoms with E-state index in [0.717, 1.165) is 61.0 Å². The van der Waals surface area contributed by atoms with Crippen molar-refractivity contribution >= 4 is 15.9 Å². The molecule has 7 rings (SSSR count). The van der Waals surface area contributed by atoms with E-state index in [2.05, 4.69) is 23.3 Å². The normalized spacial score (nSPS) is 31.4. The van der Waals surface area contributed by atoms with Crippen LogP contribution in [-0.4, -0.2) is 26.3 Å². The average molecular weight is 535 g/mol. The number of allylic oxidation sites excluding steroid dienone is 6. The molecule has 2 aliphatic heterocycles. The number of halogens is 3. The lowest BCUT2D eigenvalue weighted by molar-refractivity contribution is -0.126. The maximum atomic E-state index is 13.0. The second-order valence-electron chi connectivity index (χ2n) is 11.2. The van der Waals surface area contributed by atoms with Crippen LogP contribution in [0.1, 0.15) is 63.0 Å². The van der Waals surface area contributed by atoms with Crippen LogP contribution < -0.4 is 4.18 Å². The number of rotatable bonds is 2. The van der Waals surface area contributed by atoms with Gasteiger partial charge in [0.25, 0.3) is 0 Å². The number of hydrogen-bond acceptors (Lipinski definition) is 5. The highest BCUT2D eigenvalue weighted by atomic mass is 32.2. The number of hydrogen-bond donors (Lipinski definition) is 0. The summed E-state index contributed by atoms with van der Waals surface area (Å²) in [7, 11) is -5.77. The minimum atomic E-state index is -5.77. The first-order valence-corrected chi connectivity index (χ1v) is 14.3. The molecule has 6 aliphatic rings. The molecule has 1 aromatic carbocycles. The van der Waals surface area contributed by atoms with Crippen LogP contribution >= 0.6 is 0 Å². The lowest BCUT2D eigenvalue weighted by atomic mass is 9.54. The Hall–Kier alpha value is -2.55. The first-order chi connectivity index (χ1) is 17.4. The van der Waals surface area contributed by atoms with E-state index in [1.54, 1.807) is 6.07 Å². The van der Waals surface area contributed by atoms with Gasteiger partial charge in [0, 0.05) is 30.1 Å². The fourth-order valence-electron chi connectivity index (χ4n) is 7.44. The highest BCUT2D eigenvalue weighted by Crippen LogP contribution is 2.62. The van der Waals surface area contributed by atoms with Gasteiger partial charge in [0.1, 0.15) is 11.5 Å². The molecule has 1 aromatic rings. The first kappa shape index (κ1) is 24.8. The molecule has 2 heterocycles. The van der Waals surface area contributed by atoms with E-state index in [1.165, 1.54) is 23.3 Å². The van der Waals surface area contributed by atoms with Gasteiger partial charge in [-0.25, -0.2) is 0 Å². The van der Waals surface area contributed by atoms with Crippen LogP contribution in [0.25, 0.3) is 0 Å². The van der Waals surface area contributed by atoms with Crippen molar-refractivity contribution in [3.63, 3.8) is 0 Å². The molecular weight excluding hydrogens is 505 g/mol. The van der Waals surface area contributed by atoms with Crippen LogP contribution in [0, 0.1) is 16.7 Å². The predicted octanol–water partition coefficient (Wildman–Crippen LogP) is 6.10. The number of carbonyl (C=O) groups excluding carboxylic acids is 1. The van der Waals surface area contributed by atoms with Crippen molar-refractivity contribution in [3.8, 4) is 5.75 Å². The Morgan fingerprint density at radius 1 is 1.08 bits per heavy atom. The Balaban J connectivity index is 1.46. The number of alkyl halides is 3. The van der Waals surface area contributed by atoms with Crippen LogP contribution in [0.2, 0.25) is 0 Å². The molecule has 0 amide bonds. The van der Waals surface area contributed by atoms with E-state index in [9.17, 15) is 26.4 Å². The molecule has 0 unspecified atom stereocenters. The van der Waals surface area contributed by atoms with Gasteiger partial charge in [-0.3, -0.25) is 4.79 Å². The van der Waals surface area contributed by atoms with Crippen molar-refractivity contribution < 1.29 is 35.3 Å². The second kappa shape index (κ2) is 8.22. The van der Waals surface area contributed by atoms with E-state index < -0.39 is 15.6 Å². The molecule has 37 heavy (non-hydrogen) atoms. The Morgan fingerprint density at radius 3 is 2.68 bits per heavy atom. The Kier molecular flexibility index (Phi) is 5.50. The molecule has 198 valence electrons. The van der Waals surface area contributed by atoms with Gasteiger partial charge >= 0.3 is 15.6 Å². The van der Waals surface area contributed by atoms with Gasteiger partial charge in [0.05, 0.1) is 12.4 Å². The largest absolute Gasteiger partial charge is 0.534 e. The zero-order chi connectivity index (χ0) is 26.2. The minimum absolute atomic E-state index is 0.221. The molecule has 4 aliphatic carbocycles. The average Bonchev–Trinajstić information content (AvgIpc) is 3.14. The van der Waals surface area contributed by atoms with Gasteiger partial charge in [-0.2, -0.15) is 21.6 Å². The standard InChI is InChI=1S/C28H29F3O5S/c1-26-11-9-24-22(23(26)6-7-25(26)32)5-3-19-15-20-8-12-27(19,24)16-18-14-21(4-2-17(18)10-13-35-20)36-37(33,34)28(29,30)31/h2-4,14-15,23H,5-13,16H2,1H3/t23-,26-,27+/m0/s1. The third kappa shape index (κ3) is 3.79. The van der Waals surface area contributed by atoms with E-state index in [4.69, 9.17) is 4.74 Å². The second-order valence-corrected chi connectivity index (χ2v) is 12.7. The molecular formula is C28H29F3O5S. The summed E-state index contributed by atoms with van der Waals surface area (Å²) in [5.41, 5.74) is -0.638. The topological polar surface area (TPSA) is 69.7 Å². The zero-order valence-electron chi connectivity index (χ0n) is 20.6. The van der Waals surface area contributed by atoms with Crippen molar-refractivity contribution in [2.24, 2.45) is 16.7 Å². The molecule has 1 spiro atoms. The SMILES string of the molecule is C[C@]12CCC3=C(CC=C4C=C5CC[C@@]43Cc3cc(OS(=O)(=O)C(F)(F)F)ccc3CCO5)[C@@H]1CCC2=O. The van der Waals surface area contributed by atoms with E-state index in [0.29, 0.717) is 31.7 Å². The summed E-state index contributed by atoms with van der Waals surface area (Å²) in [6, 6.07) is 4.38. The summed E-state index contributed by atoms with van der Waals surface area (Å²) in [6.07, 6.45) is 10.9. The summed E-state index contributed by atoms with van der Waals surface area (Å²) in [6.45, 7) is 2.53. The van der Waals surface area contributed by atoms with Gasteiger partial charge in [-0.15, -0.1) is 0 Å². The van der Waals surface area contributed by atoms with Crippen molar-refractivity contribution in [2.45, 2.75) is 70.2 Å². The van der Waals surface area contributed by atoms with Crippen molar-refractivity contribution in [3.05, 3.63) is 64.0 Å². The van der Waals surface area contributed by atoms with Crippen LogP contribution in [0.3, 0.4) is 0 Å². The van der Waals surface area contributed by atoms with Crippen LogP contribution in [0.4, 0.5) is 13.2 Å². The summed E-state index contributed by atoms with van der Waals surface area (Å²) in [4.78, 5) is 12.8.